The van der Waals surface area contributed by atoms with Gasteiger partial charge in [-0.05, 0) is 39.0 Å². The Bertz CT molecular complexity index is 266. The summed E-state index contributed by atoms with van der Waals surface area (Å²) in [6.07, 6.45) is 16.7. The van der Waals surface area contributed by atoms with Gasteiger partial charge in [0, 0.05) is 0 Å². The van der Waals surface area contributed by atoms with Gasteiger partial charge in [0.2, 0.25) is 0 Å². The van der Waals surface area contributed by atoms with E-state index in [9.17, 15) is 0 Å². The molecule has 0 radical (unpaired) electrons. The summed E-state index contributed by atoms with van der Waals surface area (Å²) >= 11 is 0. The molecule has 0 amide bonds. The molecule has 0 spiro atoms. The van der Waals surface area contributed by atoms with Crippen molar-refractivity contribution >= 4 is 0 Å². The molecule has 0 unspecified atom stereocenters. The van der Waals surface area contributed by atoms with E-state index >= 15 is 0 Å². The Morgan fingerprint density at radius 2 is 1.63 bits per heavy atom. The largest absolute Gasteiger partial charge is 0.103 e. The van der Waals surface area contributed by atoms with Crippen molar-refractivity contribution in [2.45, 2.75) is 72.6 Å². The average Bonchev–Trinajstić information content (AvgIpc) is 2.42. The fourth-order valence-corrected chi connectivity index (χ4v) is 1.69. The lowest BCUT2D eigenvalue weighted by atomic mass is 10.1. The van der Waals surface area contributed by atoms with Crippen LogP contribution < -0.4 is 0 Å². The summed E-state index contributed by atoms with van der Waals surface area (Å²) in [5.74, 6) is 0. The van der Waals surface area contributed by atoms with E-state index in [2.05, 4.69) is 53.0 Å². The Balaban J connectivity index is 0. The fraction of sp³-hybridized carbons (Fsp3) is 0.579. The van der Waals surface area contributed by atoms with Crippen molar-refractivity contribution in [1.29, 1.82) is 0 Å². The van der Waals surface area contributed by atoms with Gasteiger partial charge in [-0.2, -0.15) is 0 Å². The van der Waals surface area contributed by atoms with Gasteiger partial charge in [0.25, 0.3) is 0 Å². The molecule has 0 heterocycles. The second-order valence-electron chi connectivity index (χ2n) is 4.82. The molecule has 0 aliphatic carbocycles. The average molecular weight is 262 g/mol. The first-order valence-electron chi connectivity index (χ1n) is 7.71. The molecule has 0 aromatic heterocycles. The van der Waals surface area contributed by atoms with Crippen LogP contribution in [0, 0.1) is 0 Å². The SMILES string of the molecule is C=CCC(=CCCC)CC.C=CCC=C(C)CCC. The number of hydrogen-bond donors (Lipinski definition) is 0. The molecule has 0 bridgehead atoms. The smallest absolute Gasteiger partial charge is 0.0142 e. The van der Waals surface area contributed by atoms with E-state index in [-0.39, 0.29) is 0 Å². The molecule has 0 aromatic rings. The zero-order valence-corrected chi connectivity index (χ0v) is 13.7. The number of unbranched alkanes of at least 4 members (excludes halogenated alkanes) is 1. The molecule has 0 heteroatoms. The van der Waals surface area contributed by atoms with Gasteiger partial charge in [-0.3, -0.25) is 0 Å². The van der Waals surface area contributed by atoms with E-state index in [0.29, 0.717) is 0 Å². The number of rotatable bonds is 9. The predicted molar refractivity (Wildman–Crippen MR) is 91.6 cm³/mol. The highest BCUT2D eigenvalue weighted by Gasteiger charge is 1.88. The molecular weight excluding hydrogens is 228 g/mol. The predicted octanol–water partition coefficient (Wildman–Crippen LogP) is 7.01. The van der Waals surface area contributed by atoms with Gasteiger partial charge >= 0.3 is 0 Å². The van der Waals surface area contributed by atoms with Gasteiger partial charge in [0.05, 0.1) is 0 Å². The maximum Gasteiger partial charge on any atom is -0.0142 e. The Hall–Kier alpha value is -1.04. The second kappa shape index (κ2) is 17.0. The zero-order valence-electron chi connectivity index (χ0n) is 13.7. The third-order valence-corrected chi connectivity index (χ3v) is 2.86. The first-order valence-corrected chi connectivity index (χ1v) is 7.71. The van der Waals surface area contributed by atoms with Crippen molar-refractivity contribution in [2.75, 3.05) is 0 Å². The monoisotopic (exact) mass is 262 g/mol. The van der Waals surface area contributed by atoms with Crippen LogP contribution >= 0.6 is 0 Å². The van der Waals surface area contributed by atoms with Crippen LogP contribution in [0.5, 0.6) is 0 Å². The number of hydrogen-bond acceptors (Lipinski definition) is 0. The minimum absolute atomic E-state index is 1.02. The van der Waals surface area contributed by atoms with Crippen LogP contribution in [0.2, 0.25) is 0 Å². The summed E-state index contributed by atoms with van der Waals surface area (Å²) < 4.78 is 0. The summed E-state index contributed by atoms with van der Waals surface area (Å²) in [5.41, 5.74) is 3.01. The van der Waals surface area contributed by atoms with Gasteiger partial charge in [-0.25, -0.2) is 0 Å². The molecule has 0 N–H and O–H groups in total. The Morgan fingerprint density at radius 1 is 0.947 bits per heavy atom. The van der Waals surface area contributed by atoms with Crippen molar-refractivity contribution in [3.05, 3.63) is 48.6 Å². The highest BCUT2D eigenvalue weighted by molar-refractivity contribution is 5.05. The highest BCUT2D eigenvalue weighted by Crippen LogP contribution is 2.08. The van der Waals surface area contributed by atoms with Crippen molar-refractivity contribution < 1.29 is 0 Å². The zero-order chi connectivity index (χ0) is 14.9. The summed E-state index contributed by atoms with van der Waals surface area (Å²) in [6, 6.07) is 0. The van der Waals surface area contributed by atoms with Gasteiger partial charge in [-0.15, -0.1) is 13.2 Å². The van der Waals surface area contributed by atoms with Crippen LogP contribution in [-0.2, 0) is 0 Å². The minimum Gasteiger partial charge on any atom is -0.103 e. The lowest BCUT2D eigenvalue weighted by Crippen LogP contribution is -1.77. The van der Waals surface area contributed by atoms with Crippen molar-refractivity contribution in [1.82, 2.24) is 0 Å². The van der Waals surface area contributed by atoms with E-state index in [1.807, 2.05) is 12.2 Å². The van der Waals surface area contributed by atoms with Crippen LogP contribution in [0.1, 0.15) is 72.6 Å². The van der Waals surface area contributed by atoms with Gasteiger partial charge in [0.15, 0.2) is 0 Å². The molecule has 0 saturated carbocycles. The topological polar surface area (TPSA) is 0 Å². The van der Waals surface area contributed by atoms with E-state index in [1.54, 1.807) is 0 Å². The van der Waals surface area contributed by atoms with Crippen LogP contribution in [0.4, 0.5) is 0 Å². The Labute approximate surface area is 122 Å². The minimum atomic E-state index is 1.02. The molecule has 0 fully saturated rings. The molecule has 0 rings (SSSR count). The second-order valence-corrected chi connectivity index (χ2v) is 4.82. The quantitative estimate of drug-likeness (QED) is 0.392. The molecule has 0 saturated heterocycles. The van der Waals surface area contributed by atoms with Gasteiger partial charge in [0.1, 0.15) is 0 Å². The summed E-state index contributed by atoms with van der Waals surface area (Å²) in [5, 5.41) is 0. The third kappa shape index (κ3) is 17.0. The molecule has 19 heavy (non-hydrogen) atoms. The van der Waals surface area contributed by atoms with Crippen LogP contribution in [0.15, 0.2) is 48.6 Å². The van der Waals surface area contributed by atoms with E-state index in [1.165, 1.54) is 43.3 Å². The lowest BCUT2D eigenvalue weighted by molar-refractivity contribution is 0.900. The van der Waals surface area contributed by atoms with Gasteiger partial charge in [-0.1, -0.05) is 69.1 Å². The fourth-order valence-electron chi connectivity index (χ4n) is 1.69. The van der Waals surface area contributed by atoms with Crippen molar-refractivity contribution in [3.63, 3.8) is 0 Å². The van der Waals surface area contributed by atoms with Crippen molar-refractivity contribution in [3.8, 4) is 0 Å². The Kier molecular flexibility index (Phi) is 18.1. The Morgan fingerprint density at radius 3 is 2.05 bits per heavy atom. The summed E-state index contributed by atoms with van der Waals surface area (Å²) in [7, 11) is 0. The molecule has 0 aliphatic rings. The van der Waals surface area contributed by atoms with E-state index in [4.69, 9.17) is 0 Å². The van der Waals surface area contributed by atoms with Crippen LogP contribution in [0.25, 0.3) is 0 Å². The highest BCUT2D eigenvalue weighted by atomic mass is 13.9. The van der Waals surface area contributed by atoms with Gasteiger partial charge < -0.3 is 0 Å². The lowest BCUT2D eigenvalue weighted by Gasteiger charge is -1.98. The summed E-state index contributed by atoms with van der Waals surface area (Å²) in [6.45, 7) is 16.1. The first-order chi connectivity index (χ1) is 9.15. The molecule has 0 atom stereocenters. The molecule has 0 nitrogen and oxygen atoms in total. The normalized spacial score (nSPS) is 11.6. The van der Waals surface area contributed by atoms with Crippen LogP contribution in [-0.4, -0.2) is 0 Å². The molecule has 0 aliphatic heterocycles. The van der Waals surface area contributed by atoms with Crippen molar-refractivity contribution in [2.24, 2.45) is 0 Å². The summed E-state index contributed by atoms with van der Waals surface area (Å²) in [4.78, 5) is 0. The van der Waals surface area contributed by atoms with E-state index < -0.39 is 0 Å². The molecule has 0 aromatic carbocycles. The molecule has 110 valence electrons. The van der Waals surface area contributed by atoms with Crippen LogP contribution in [0.3, 0.4) is 0 Å². The maximum absolute atomic E-state index is 3.72. The third-order valence-electron chi connectivity index (χ3n) is 2.86. The first kappa shape index (κ1) is 20.3. The van der Waals surface area contributed by atoms with E-state index in [0.717, 1.165) is 12.8 Å². The number of allylic oxidation sites excluding steroid dienone is 6. The standard InChI is InChI=1S/C10H18.C9H16/c1-4-7-9-10(6-3)8-5-2;1-4-6-8-9(3)7-5-2/h5,9H,2,4,6-8H2,1,3H3;4,8H,1,5-7H2,2-3H3. The maximum atomic E-state index is 3.72. The molecular formula is C19H34.